The molecular weight excluding hydrogens is 530 g/mol. The van der Waals surface area contributed by atoms with E-state index in [1.54, 1.807) is 11.1 Å². The quantitative estimate of drug-likeness (QED) is 0.214. The number of carbonyl (C=O) groups excluding carboxylic acids is 1. The Kier molecular flexibility index (Phi) is 9.19. The van der Waals surface area contributed by atoms with Gasteiger partial charge in [0.05, 0.1) is 0 Å². The largest absolute Gasteiger partial charge is 0.444 e. The molecule has 7 nitrogen and oxygen atoms in total. The van der Waals surface area contributed by atoms with Crippen LogP contribution in [0, 0.1) is 17.6 Å². The third-order valence-corrected chi connectivity index (χ3v) is 8.71. The highest BCUT2D eigenvalue weighted by Gasteiger charge is 2.27. The summed E-state index contributed by atoms with van der Waals surface area (Å²) in [6.07, 6.45) is 5.05. The lowest BCUT2D eigenvalue weighted by atomic mass is 9.96. The van der Waals surface area contributed by atoms with Crippen molar-refractivity contribution >= 4 is 30.9 Å². The van der Waals surface area contributed by atoms with Crippen molar-refractivity contribution in [1.29, 1.82) is 0 Å². The van der Waals surface area contributed by atoms with Crippen LogP contribution < -0.4 is 5.32 Å². The zero-order valence-corrected chi connectivity index (χ0v) is 25.5. The fourth-order valence-corrected chi connectivity index (χ4v) is 5.59. The molecule has 1 aliphatic rings. The predicted octanol–water partition coefficient (Wildman–Crippen LogP) is 7.35. The van der Waals surface area contributed by atoms with E-state index in [1.165, 1.54) is 12.1 Å². The molecule has 0 unspecified atom stereocenters. The molecule has 1 aliphatic heterocycles. The van der Waals surface area contributed by atoms with Gasteiger partial charge in [-0.25, -0.2) is 18.6 Å². The average molecular weight is 573 g/mol. The van der Waals surface area contributed by atoms with Crippen LogP contribution in [-0.2, 0) is 16.2 Å². The van der Waals surface area contributed by atoms with Gasteiger partial charge in [0.15, 0.2) is 0 Å². The first kappa shape index (κ1) is 30.0. The molecule has 40 heavy (non-hydrogen) atoms. The van der Waals surface area contributed by atoms with Crippen LogP contribution in [0.4, 0.5) is 19.3 Å². The van der Waals surface area contributed by atoms with E-state index in [0.717, 1.165) is 36.0 Å². The zero-order chi connectivity index (χ0) is 29.1. The third-order valence-electron chi connectivity index (χ3n) is 7.01. The second kappa shape index (κ2) is 12.3. The van der Waals surface area contributed by atoms with E-state index in [0.29, 0.717) is 55.7 Å². The van der Waals surface area contributed by atoms with Crippen molar-refractivity contribution in [2.24, 2.45) is 5.92 Å². The Hall–Kier alpha value is -2.98. The Morgan fingerprint density at radius 3 is 2.42 bits per heavy atom. The summed E-state index contributed by atoms with van der Waals surface area (Å²) in [4.78, 5) is 18.8. The van der Waals surface area contributed by atoms with Crippen LogP contribution in [0.15, 0.2) is 36.7 Å². The topological polar surface area (TPSA) is 68.6 Å². The van der Waals surface area contributed by atoms with Crippen LogP contribution in [0.2, 0.25) is 25.7 Å². The lowest BCUT2D eigenvalue weighted by Crippen LogP contribution is -2.42. The molecule has 0 bridgehead atoms. The van der Waals surface area contributed by atoms with Gasteiger partial charge >= 0.3 is 6.09 Å². The van der Waals surface area contributed by atoms with Crippen molar-refractivity contribution in [1.82, 2.24) is 14.5 Å². The molecule has 1 aromatic carbocycles. The molecule has 1 N–H and O–H groups in total. The maximum absolute atomic E-state index is 14.2. The molecule has 3 aromatic rings. The minimum atomic E-state index is -1.24. The van der Waals surface area contributed by atoms with E-state index in [-0.39, 0.29) is 6.09 Å². The van der Waals surface area contributed by atoms with Crippen LogP contribution in [0.5, 0.6) is 0 Å². The predicted molar refractivity (Wildman–Crippen MR) is 158 cm³/mol. The molecule has 0 spiro atoms. The number of anilines is 1. The van der Waals surface area contributed by atoms with E-state index < -0.39 is 25.3 Å². The van der Waals surface area contributed by atoms with Gasteiger partial charge in [0.2, 0.25) is 0 Å². The Balaban J connectivity index is 1.53. The minimum absolute atomic E-state index is 0.268. The van der Waals surface area contributed by atoms with Gasteiger partial charge in [-0.2, -0.15) is 0 Å². The first-order valence-corrected chi connectivity index (χ1v) is 17.7. The number of halogens is 2. The first-order chi connectivity index (χ1) is 18.8. The van der Waals surface area contributed by atoms with Gasteiger partial charge in [-0.05, 0) is 69.3 Å². The Bertz CT molecular complexity index is 1300. The summed E-state index contributed by atoms with van der Waals surface area (Å²) >= 11 is 0. The number of nitrogens with one attached hydrogen (secondary N) is 1. The van der Waals surface area contributed by atoms with E-state index in [4.69, 9.17) is 9.47 Å². The monoisotopic (exact) mass is 572 g/mol. The van der Waals surface area contributed by atoms with Gasteiger partial charge in [-0.15, -0.1) is 0 Å². The number of rotatable bonds is 9. The number of ether oxygens (including phenoxy) is 2. The number of hydrogen-bond donors (Lipinski definition) is 1. The Labute approximate surface area is 236 Å². The lowest BCUT2D eigenvalue weighted by molar-refractivity contribution is 0.0188. The number of likely N-dealkylation sites (tertiary alicyclic amines) is 1. The number of aromatic nitrogens is 2. The molecule has 2 aromatic heterocycles. The number of hydrogen-bond acceptors (Lipinski definition) is 5. The molecule has 1 fully saturated rings. The van der Waals surface area contributed by atoms with Gasteiger partial charge in [0, 0.05) is 69.4 Å². The van der Waals surface area contributed by atoms with Crippen molar-refractivity contribution in [3.63, 3.8) is 0 Å². The molecule has 1 amide bonds. The molecule has 218 valence electrons. The van der Waals surface area contributed by atoms with E-state index in [2.05, 4.69) is 29.9 Å². The summed E-state index contributed by atoms with van der Waals surface area (Å²) in [5.41, 5.74) is 2.17. The van der Waals surface area contributed by atoms with E-state index >= 15 is 0 Å². The van der Waals surface area contributed by atoms with Crippen LogP contribution in [0.1, 0.15) is 33.6 Å². The summed E-state index contributed by atoms with van der Waals surface area (Å²) in [6.45, 7) is 15.5. The van der Waals surface area contributed by atoms with Crippen molar-refractivity contribution in [3.8, 4) is 11.1 Å². The second-order valence-corrected chi connectivity index (χ2v) is 18.5. The van der Waals surface area contributed by atoms with Crippen molar-refractivity contribution in [2.45, 2.75) is 71.6 Å². The maximum atomic E-state index is 14.2. The highest BCUT2D eigenvalue weighted by atomic mass is 28.3. The van der Waals surface area contributed by atoms with Gasteiger partial charge in [0.1, 0.15) is 29.6 Å². The minimum Gasteiger partial charge on any atom is -0.444 e. The van der Waals surface area contributed by atoms with Crippen molar-refractivity contribution < 1.29 is 23.0 Å². The van der Waals surface area contributed by atoms with Gasteiger partial charge in [-0.3, -0.25) is 0 Å². The molecule has 4 rings (SSSR count). The maximum Gasteiger partial charge on any atom is 0.410 e. The van der Waals surface area contributed by atoms with Gasteiger partial charge in [-0.1, -0.05) is 19.6 Å². The zero-order valence-electron chi connectivity index (χ0n) is 24.5. The molecule has 0 atom stereocenters. The van der Waals surface area contributed by atoms with Crippen molar-refractivity contribution in [2.75, 3.05) is 31.6 Å². The standard InChI is InChI=1S/C30H42F2N4O3Si/c1-30(2,3)39-29(37)35-11-8-21(9-12-35)18-34-26-7-10-33-28-27(26)25(22-15-23(31)17-24(32)16-22)19-36(28)20-38-13-14-40(4,5)6/h7,10,15-17,19,21H,8-9,11-14,18,20H2,1-6H3,(H,33,34). The smallest absolute Gasteiger partial charge is 0.410 e. The summed E-state index contributed by atoms with van der Waals surface area (Å²) in [5.74, 6) is -0.890. The van der Waals surface area contributed by atoms with Crippen molar-refractivity contribution in [3.05, 3.63) is 48.3 Å². The summed E-state index contributed by atoms with van der Waals surface area (Å²) in [5, 5.41) is 4.37. The van der Waals surface area contributed by atoms with Crippen LogP contribution in [0.3, 0.4) is 0 Å². The summed E-state index contributed by atoms with van der Waals surface area (Å²) in [7, 11) is -1.24. The normalized spacial score (nSPS) is 15.1. The van der Waals surface area contributed by atoms with Gasteiger partial charge in [0.25, 0.3) is 0 Å². The lowest BCUT2D eigenvalue weighted by Gasteiger charge is -2.33. The summed E-state index contributed by atoms with van der Waals surface area (Å²) in [6, 6.07) is 6.51. The number of fused-ring (bicyclic) bond motifs is 1. The molecule has 0 radical (unpaired) electrons. The number of amides is 1. The van der Waals surface area contributed by atoms with Gasteiger partial charge < -0.3 is 24.3 Å². The summed E-state index contributed by atoms with van der Waals surface area (Å²) < 4.78 is 41.9. The molecule has 3 heterocycles. The molecule has 0 saturated carbocycles. The van der Waals surface area contributed by atoms with Crippen LogP contribution in [0.25, 0.3) is 22.2 Å². The molecule has 0 aliphatic carbocycles. The number of carbonyl (C=O) groups is 1. The van der Waals surface area contributed by atoms with Crippen LogP contribution >= 0.6 is 0 Å². The molecule has 1 saturated heterocycles. The second-order valence-electron chi connectivity index (χ2n) is 12.9. The Morgan fingerprint density at radius 2 is 1.80 bits per heavy atom. The third kappa shape index (κ3) is 8.03. The number of nitrogens with zero attached hydrogens (tertiary/aromatic N) is 3. The molecule has 10 heteroatoms. The Morgan fingerprint density at radius 1 is 1.12 bits per heavy atom. The fourth-order valence-electron chi connectivity index (χ4n) is 4.83. The van der Waals surface area contributed by atoms with Crippen LogP contribution in [-0.4, -0.2) is 60.5 Å². The highest BCUT2D eigenvalue weighted by Crippen LogP contribution is 2.36. The SMILES string of the molecule is CC(C)(C)OC(=O)N1CCC(CNc2ccnc3c2c(-c2cc(F)cc(F)c2)cn3COCC[Si](C)(C)C)CC1. The number of benzene rings is 1. The van der Waals surface area contributed by atoms with E-state index in [1.807, 2.05) is 37.6 Å². The number of pyridine rings is 1. The average Bonchev–Trinajstić information content (AvgIpc) is 3.23. The molecular formula is C30H42F2N4O3Si. The fraction of sp³-hybridized carbons (Fsp3) is 0.533. The first-order valence-electron chi connectivity index (χ1n) is 14.0. The van der Waals surface area contributed by atoms with E-state index in [9.17, 15) is 13.6 Å². The number of piperidine rings is 1. The highest BCUT2D eigenvalue weighted by molar-refractivity contribution is 6.76.